The Hall–Kier alpha value is -3.19. The molecule has 0 radical (unpaired) electrons. The third kappa shape index (κ3) is 4.20. The zero-order chi connectivity index (χ0) is 20.1. The van der Waals surface area contributed by atoms with Crippen LogP contribution in [0.5, 0.6) is 0 Å². The van der Waals surface area contributed by atoms with Gasteiger partial charge in [-0.25, -0.2) is 4.79 Å². The van der Waals surface area contributed by atoms with Crippen molar-refractivity contribution in [1.29, 1.82) is 0 Å². The number of benzene rings is 2. The van der Waals surface area contributed by atoms with Gasteiger partial charge in [0.05, 0.1) is 0 Å². The van der Waals surface area contributed by atoms with Crippen molar-refractivity contribution in [1.82, 2.24) is 5.32 Å². The SMILES string of the molecule is Cc1ccc(C(=O)NC2(C(=O)O)CCOCC2)cc1NC(=O)c1ccccc1. The van der Waals surface area contributed by atoms with Gasteiger partial charge in [0.15, 0.2) is 0 Å². The lowest BCUT2D eigenvalue weighted by Crippen LogP contribution is -2.57. The van der Waals surface area contributed by atoms with Gasteiger partial charge in [0.25, 0.3) is 11.8 Å². The Kier molecular flexibility index (Phi) is 5.75. The molecule has 3 N–H and O–H groups in total. The molecule has 3 rings (SSSR count). The van der Waals surface area contributed by atoms with E-state index in [1.165, 1.54) is 0 Å². The van der Waals surface area contributed by atoms with Gasteiger partial charge in [0.2, 0.25) is 0 Å². The minimum absolute atomic E-state index is 0.206. The zero-order valence-electron chi connectivity index (χ0n) is 15.5. The van der Waals surface area contributed by atoms with E-state index < -0.39 is 17.4 Å². The van der Waals surface area contributed by atoms with Crippen LogP contribution >= 0.6 is 0 Å². The van der Waals surface area contributed by atoms with Gasteiger partial charge in [-0.2, -0.15) is 0 Å². The van der Waals surface area contributed by atoms with Crippen LogP contribution < -0.4 is 10.6 Å². The van der Waals surface area contributed by atoms with Crippen molar-refractivity contribution in [2.24, 2.45) is 0 Å². The summed E-state index contributed by atoms with van der Waals surface area (Å²) in [5.41, 5.74) is 0.732. The van der Waals surface area contributed by atoms with Gasteiger partial charge in [0, 0.05) is 42.9 Å². The largest absolute Gasteiger partial charge is 0.480 e. The molecular formula is C21H22N2O5. The molecule has 0 atom stereocenters. The van der Waals surface area contributed by atoms with Gasteiger partial charge >= 0.3 is 5.97 Å². The van der Waals surface area contributed by atoms with E-state index in [2.05, 4.69) is 10.6 Å². The monoisotopic (exact) mass is 382 g/mol. The summed E-state index contributed by atoms with van der Waals surface area (Å²) in [6.07, 6.45) is 0.412. The predicted molar refractivity (Wildman–Crippen MR) is 103 cm³/mol. The third-order valence-electron chi connectivity index (χ3n) is 4.89. The van der Waals surface area contributed by atoms with Crippen LogP contribution in [-0.2, 0) is 9.53 Å². The lowest BCUT2D eigenvalue weighted by atomic mass is 9.89. The summed E-state index contributed by atoms with van der Waals surface area (Å²) in [6, 6.07) is 13.6. The quantitative estimate of drug-likeness (QED) is 0.737. The van der Waals surface area contributed by atoms with Gasteiger partial charge in [-0.05, 0) is 36.8 Å². The normalized spacial score (nSPS) is 15.5. The number of rotatable bonds is 5. The molecule has 1 fully saturated rings. The van der Waals surface area contributed by atoms with Crippen LogP contribution in [0.2, 0.25) is 0 Å². The fourth-order valence-corrected chi connectivity index (χ4v) is 3.08. The van der Waals surface area contributed by atoms with Crippen LogP contribution in [0.4, 0.5) is 5.69 Å². The maximum Gasteiger partial charge on any atom is 0.329 e. The Morgan fingerprint density at radius 3 is 2.29 bits per heavy atom. The molecule has 7 heteroatoms. The number of carboxylic acid groups (broad SMARTS) is 1. The van der Waals surface area contributed by atoms with Crippen LogP contribution in [0.3, 0.4) is 0 Å². The Morgan fingerprint density at radius 1 is 0.964 bits per heavy atom. The number of hydrogen-bond acceptors (Lipinski definition) is 4. The van der Waals surface area contributed by atoms with Crippen molar-refractivity contribution in [2.45, 2.75) is 25.3 Å². The average Bonchev–Trinajstić information content (AvgIpc) is 2.70. The van der Waals surface area contributed by atoms with Gasteiger partial charge in [-0.15, -0.1) is 0 Å². The summed E-state index contributed by atoms with van der Waals surface area (Å²) in [5, 5.41) is 15.1. The number of aliphatic carboxylic acids is 1. The van der Waals surface area contributed by atoms with E-state index in [1.807, 2.05) is 13.0 Å². The molecule has 0 spiro atoms. The second-order valence-corrected chi connectivity index (χ2v) is 6.80. The smallest absolute Gasteiger partial charge is 0.329 e. The van der Waals surface area contributed by atoms with E-state index in [-0.39, 0.29) is 37.5 Å². The van der Waals surface area contributed by atoms with Crippen LogP contribution in [0.1, 0.15) is 39.1 Å². The number of anilines is 1. The lowest BCUT2D eigenvalue weighted by Gasteiger charge is -2.33. The Balaban J connectivity index is 1.79. The van der Waals surface area contributed by atoms with Crippen molar-refractivity contribution in [3.8, 4) is 0 Å². The minimum Gasteiger partial charge on any atom is -0.480 e. The first-order chi connectivity index (χ1) is 13.4. The maximum absolute atomic E-state index is 12.7. The molecule has 0 bridgehead atoms. The van der Waals surface area contributed by atoms with Gasteiger partial charge < -0.3 is 20.5 Å². The van der Waals surface area contributed by atoms with Crippen LogP contribution in [0.15, 0.2) is 48.5 Å². The van der Waals surface area contributed by atoms with E-state index in [0.29, 0.717) is 11.3 Å². The molecule has 1 aliphatic heterocycles. The highest BCUT2D eigenvalue weighted by Crippen LogP contribution is 2.23. The molecule has 1 saturated heterocycles. The van der Waals surface area contributed by atoms with Crippen molar-refractivity contribution in [3.05, 3.63) is 65.2 Å². The number of hydrogen-bond donors (Lipinski definition) is 3. The Morgan fingerprint density at radius 2 is 1.64 bits per heavy atom. The number of aryl methyl sites for hydroxylation is 1. The highest BCUT2D eigenvalue weighted by atomic mass is 16.5. The van der Waals surface area contributed by atoms with Crippen molar-refractivity contribution >= 4 is 23.5 Å². The molecule has 28 heavy (non-hydrogen) atoms. The molecule has 2 aromatic carbocycles. The summed E-state index contributed by atoms with van der Waals surface area (Å²) in [7, 11) is 0. The van der Waals surface area contributed by atoms with E-state index in [9.17, 15) is 19.5 Å². The minimum atomic E-state index is -1.34. The van der Waals surface area contributed by atoms with Gasteiger partial charge in [-0.3, -0.25) is 9.59 Å². The lowest BCUT2D eigenvalue weighted by molar-refractivity contribution is -0.148. The molecular weight excluding hydrogens is 360 g/mol. The fourth-order valence-electron chi connectivity index (χ4n) is 3.08. The first kappa shape index (κ1) is 19.6. The molecule has 1 heterocycles. The highest BCUT2D eigenvalue weighted by Gasteiger charge is 2.41. The number of carbonyl (C=O) groups excluding carboxylic acids is 2. The average molecular weight is 382 g/mol. The predicted octanol–water partition coefficient (Wildman–Crippen LogP) is 2.61. The molecule has 0 aromatic heterocycles. The molecule has 146 valence electrons. The number of amides is 2. The van der Waals surface area contributed by atoms with Crippen molar-refractivity contribution < 1.29 is 24.2 Å². The maximum atomic E-state index is 12.7. The second kappa shape index (κ2) is 8.22. The molecule has 1 aliphatic rings. The first-order valence-electron chi connectivity index (χ1n) is 9.02. The zero-order valence-corrected chi connectivity index (χ0v) is 15.5. The second-order valence-electron chi connectivity index (χ2n) is 6.80. The summed E-state index contributed by atoms with van der Waals surface area (Å²) in [4.78, 5) is 36.9. The highest BCUT2D eigenvalue weighted by molar-refractivity contribution is 6.05. The Bertz CT molecular complexity index is 889. The van der Waals surface area contributed by atoms with E-state index in [0.717, 1.165) is 5.56 Å². The van der Waals surface area contributed by atoms with E-state index in [4.69, 9.17) is 4.74 Å². The fraction of sp³-hybridized carbons (Fsp3) is 0.286. The molecule has 2 aromatic rings. The summed E-state index contributed by atoms with van der Waals surface area (Å²) in [5.74, 6) is -1.86. The van der Waals surface area contributed by atoms with Crippen molar-refractivity contribution in [3.63, 3.8) is 0 Å². The molecule has 0 saturated carbocycles. The van der Waals surface area contributed by atoms with Gasteiger partial charge in [0.1, 0.15) is 5.54 Å². The molecule has 2 amide bonds. The first-order valence-corrected chi connectivity index (χ1v) is 9.02. The number of nitrogens with one attached hydrogen (secondary N) is 2. The summed E-state index contributed by atoms with van der Waals surface area (Å²) >= 11 is 0. The topological polar surface area (TPSA) is 105 Å². The number of carboxylic acids is 1. The molecule has 0 unspecified atom stereocenters. The van der Waals surface area contributed by atoms with Crippen LogP contribution in [0.25, 0.3) is 0 Å². The van der Waals surface area contributed by atoms with Crippen LogP contribution in [-0.4, -0.2) is 41.6 Å². The number of ether oxygens (including phenoxy) is 1. The van der Waals surface area contributed by atoms with Gasteiger partial charge in [-0.1, -0.05) is 24.3 Å². The Labute approximate surface area is 162 Å². The van der Waals surface area contributed by atoms with Crippen LogP contribution in [0, 0.1) is 6.92 Å². The summed E-state index contributed by atoms with van der Waals surface area (Å²) in [6.45, 7) is 2.37. The van der Waals surface area contributed by atoms with Crippen molar-refractivity contribution in [2.75, 3.05) is 18.5 Å². The van der Waals surface area contributed by atoms with E-state index in [1.54, 1.807) is 42.5 Å². The third-order valence-corrected chi connectivity index (χ3v) is 4.89. The number of carbonyl (C=O) groups is 3. The standard InChI is InChI=1S/C21H22N2O5/c1-14-7-8-16(13-17(14)22-18(24)15-5-3-2-4-6-15)19(25)23-21(20(26)27)9-11-28-12-10-21/h2-8,13H,9-12H2,1H3,(H,22,24)(H,23,25)(H,26,27). The molecule has 0 aliphatic carbocycles. The van der Waals surface area contributed by atoms with E-state index >= 15 is 0 Å². The summed E-state index contributed by atoms with van der Waals surface area (Å²) < 4.78 is 5.22. The molecule has 7 nitrogen and oxygen atoms in total.